The van der Waals surface area contributed by atoms with Crippen LogP contribution in [0.5, 0.6) is 11.5 Å². The number of allylic oxidation sites excluding steroid dienone is 1. The number of rotatable bonds is 14. The van der Waals surface area contributed by atoms with Gasteiger partial charge in [0.1, 0.15) is 22.8 Å². The molecule has 0 unspecified atom stereocenters. The molecule has 0 radical (unpaired) electrons. The van der Waals surface area contributed by atoms with Gasteiger partial charge in [0.2, 0.25) is 0 Å². The summed E-state index contributed by atoms with van der Waals surface area (Å²) < 4.78 is 35.6. The molecule has 1 aliphatic heterocycles. The Morgan fingerprint density at radius 2 is 1.80 bits per heavy atom. The van der Waals surface area contributed by atoms with E-state index in [-0.39, 0.29) is 35.6 Å². The highest BCUT2D eigenvalue weighted by Gasteiger charge is 2.31. The van der Waals surface area contributed by atoms with Gasteiger partial charge in [-0.25, -0.2) is 18.1 Å². The number of nitro benzene ring substituents is 1. The predicted molar refractivity (Wildman–Crippen MR) is 234 cm³/mol. The standard InChI is InChI=1S/C44H50ClN7O7S/c1-43(2)15-13-31(37(24-43)29-5-7-32(45)8-6-29)26-50-17-19-51(20-18-50)33-9-11-36(40(22-33)59-34-21-30-14-16-46-41(30)47-25-34)42(54)49-60(57,58)35-10-12-38(39(23-35)52(55)56)48-27-44(3,4)28-53/h5-12,14,16,21-23,25,48,53H,13,15,17-20,24,26-28H2,1-4H3,(H,46,47)(H,49,54). The number of halogens is 1. The molecule has 316 valence electrons. The van der Waals surface area contributed by atoms with Crippen LogP contribution in [0.4, 0.5) is 17.1 Å². The number of hydrogen-bond donors (Lipinski definition) is 4. The lowest BCUT2D eigenvalue weighted by molar-refractivity contribution is -0.384. The highest BCUT2D eigenvalue weighted by Crippen LogP contribution is 2.43. The summed E-state index contributed by atoms with van der Waals surface area (Å²) in [5, 5.41) is 26.0. The number of carbonyl (C=O) groups is 1. The molecule has 14 nitrogen and oxygen atoms in total. The van der Waals surface area contributed by atoms with E-state index < -0.39 is 36.9 Å². The third-order valence-corrected chi connectivity index (χ3v) is 12.8. The minimum Gasteiger partial charge on any atom is -0.455 e. The maximum atomic E-state index is 13.9. The van der Waals surface area contributed by atoms with Crippen molar-refractivity contribution in [2.45, 2.75) is 51.9 Å². The van der Waals surface area contributed by atoms with Gasteiger partial charge in [0.15, 0.2) is 0 Å². The van der Waals surface area contributed by atoms with E-state index in [0.717, 1.165) is 61.1 Å². The van der Waals surface area contributed by atoms with E-state index in [9.17, 15) is 28.4 Å². The maximum absolute atomic E-state index is 13.9. The van der Waals surface area contributed by atoms with Gasteiger partial charge in [-0.3, -0.25) is 19.8 Å². The number of amides is 1. The van der Waals surface area contributed by atoms with Crippen molar-refractivity contribution in [1.29, 1.82) is 0 Å². The largest absolute Gasteiger partial charge is 0.455 e. The second-order valence-corrected chi connectivity index (χ2v) is 19.2. The van der Waals surface area contributed by atoms with Crippen molar-refractivity contribution in [3.63, 3.8) is 0 Å². The topological polar surface area (TPSA) is 183 Å². The summed E-state index contributed by atoms with van der Waals surface area (Å²) in [5.74, 6) is -0.532. The van der Waals surface area contributed by atoms with Gasteiger partial charge in [0.05, 0.1) is 21.6 Å². The Morgan fingerprint density at radius 1 is 1.05 bits per heavy atom. The van der Waals surface area contributed by atoms with Gasteiger partial charge in [-0.2, -0.15) is 0 Å². The van der Waals surface area contributed by atoms with Crippen molar-refractivity contribution in [2.24, 2.45) is 10.8 Å². The summed E-state index contributed by atoms with van der Waals surface area (Å²) in [4.78, 5) is 36.8. The number of H-pyrrole nitrogens is 1. The number of aliphatic hydroxyl groups is 1. The molecule has 2 aliphatic rings. The number of carbonyl (C=O) groups excluding carboxylic acids is 1. The molecule has 0 atom stereocenters. The zero-order valence-corrected chi connectivity index (χ0v) is 35.7. The number of nitro groups is 1. The highest BCUT2D eigenvalue weighted by molar-refractivity contribution is 7.90. The van der Waals surface area contributed by atoms with Gasteiger partial charge < -0.3 is 25.0 Å². The second kappa shape index (κ2) is 17.2. The van der Waals surface area contributed by atoms with Crippen LogP contribution in [0, 0.1) is 20.9 Å². The van der Waals surface area contributed by atoms with Gasteiger partial charge in [0, 0.05) is 85.7 Å². The maximum Gasteiger partial charge on any atom is 0.293 e. The van der Waals surface area contributed by atoms with E-state index in [1.54, 1.807) is 38.2 Å². The number of hydrogen-bond acceptors (Lipinski definition) is 11. The number of ether oxygens (including phenoxy) is 1. The molecule has 0 bridgehead atoms. The number of aromatic nitrogens is 2. The zero-order valence-electron chi connectivity index (χ0n) is 34.1. The van der Waals surface area contributed by atoms with Crippen molar-refractivity contribution in [3.05, 3.63) is 117 Å². The first-order valence-corrected chi connectivity index (χ1v) is 21.7. The number of aromatic amines is 1. The summed E-state index contributed by atoms with van der Waals surface area (Å²) >= 11 is 6.23. The molecule has 3 heterocycles. The molecule has 1 aliphatic carbocycles. The molecule has 4 N–H and O–H groups in total. The number of piperazine rings is 1. The molecular formula is C44H50ClN7O7S. The summed E-state index contributed by atoms with van der Waals surface area (Å²) in [6.07, 6.45) is 6.44. The van der Waals surface area contributed by atoms with Crippen molar-refractivity contribution in [3.8, 4) is 11.5 Å². The number of benzene rings is 3. The third kappa shape index (κ3) is 9.92. The highest BCUT2D eigenvalue weighted by atomic mass is 35.5. The molecule has 1 saturated heterocycles. The average molecular weight is 856 g/mol. The summed E-state index contributed by atoms with van der Waals surface area (Å²) in [7, 11) is -4.59. The van der Waals surface area contributed by atoms with Gasteiger partial charge in [0.25, 0.3) is 21.6 Å². The predicted octanol–water partition coefficient (Wildman–Crippen LogP) is 8.25. The Kier molecular flexibility index (Phi) is 12.3. The quantitative estimate of drug-likeness (QED) is 0.0623. The fourth-order valence-corrected chi connectivity index (χ4v) is 8.70. The van der Waals surface area contributed by atoms with E-state index in [2.05, 4.69) is 55.8 Å². The van der Waals surface area contributed by atoms with Crippen molar-refractivity contribution in [1.82, 2.24) is 19.6 Å². The van der Waals surface area contributed by atoms with Gasteiger partial charge >= 0.3 is 0 Å². The first-order chi connectivity index (χ1) is 28.5. The Bertz CT molecular complexity index is 2550. The lowest BCUT2D eigenvalue weighted by Crippen LogP contribution is -2.47. The Balaban J connectivity index is 1.11. The van der Waals surface area contributed by atoms with Crippen LogP contribution in [-0.4, -0.2) is 85.1 Å². The second-order valence-electron chi connectivity index (χ2n) is 17.1. The number of aliphatic hydroxyl groups excluding tert-OH is 1. The zero-order chi connectivity index (χ0) is 42.8. The minimum absolute atomic E-state index is 0.0592. The molecule has 3 aromatic carbocycles. The van der Waals surface area contributed by atoms with Crippen molar-refractivity contribution < 1.29 is 28.0 Å². The molecule has 60 heavy (non-hydrogen) atoms. The molecule has 1 fully saturated rings. The van der Waals surface area contributed by atoms with E-state index in [1.807, 2.05) is 18.2 Å². The third-order valence-electron chi connectivity index (χ3n) is 11.2. The summed E-state index contributed by atoms with van der Waals surface area (Å²) in [6.45, 7) is 12.2. The van der Waals surface area contributed by atoms with Gasteiger partial charge in [-0.1, -0.05) is 57.0 Å². The molecule has 0 saturated carbocycles. The fourth-order valence-electron chi connectivity index (χ4n) is 7.59. The lowest BCUT2D eigenvalue weighted by Gasteiger charge is -2.39. The van der Waals surface area contributed by atoms with E-state index in [1.165, 1.54) is 41.1 Å². The molecule has 1 amide bonds. The van der Waals surface area contributed by atoms with Crippen LogP contribution in [0.15, 0.2) is 95.7 Å². The number of pyridine rings is 1. The SMILES string of the molecule is CC(C)(CO)CNc1ccc(S(=O)(=O)NC(=O)c2ccc(N3CCN(CC4=C(c5ccc(Cl)cc5)CC(C)(C)CC4)CC3)cc2Oc2cnc3[nH]ccc3c2)cc1[N+](=O)[O-]. The Hall–Kier alpha value is -5.48. The molecule has 2 aromatic heterocycles. The van der Waals surface area contributed by atoms with Crippen LogP contribution in [-0.2, 0) is 10.0 Å². The molecule has 7 rings (SSSR count). The molecular weight excluding hydrogens is 806 g/mol. The normalized spacial score (nSPS) is 16.2. The Labute approximate surface area is 354 Å². The number of nitrogens with one attached hydrogen (secondary N) is 3. The van der Waals surface area contributed by atoms with E-state index in [4.69, 9.17) is 16.3 Å². The van der Waals surface area contributed by atoms with E-state index >= 15 is 0 Å². The van der Waals surface area contributed by atoms with Gasteiger partial charge in [-0.15, -0.1) is 0 Å². The van der Waals surface area contributed by atoms with Crippen LogP contribution >= 0.6 is 11.6 Å². The molecule has 0 spiro atoms. The number of sulfonamides is 1. The fraction of sp³-hybridized carbons (Fsp3) is 0.364. The first-order valence-electron chi connectivity index (χ1n) is 19.9. The van der Waals surface area contributed by atoms with E-state index in [0.29, 0.717) is 24.5 Å². The molecule has 5 aromatic rings. The number of nitrogens with zero attached hydrogens (tertiary/aromatic N) is 4. The summed E-state index contributed by atoms with van der Waals surface area (Å²) in [6, 6.07) is 20.1. The first kappa shape index (κ1) is 42.6. The van der Waals surface area contributed by atoms with Crippen LogP contribution in [0.1, 0.15) is 62.9 Å². The van der Waals surface area contributed by atoms with Crippen LogP contribution in [0.25, 0.3) is 16.6 Å². The number of anilines is 2. The summed E-state index contributed by atoms with van der Waals surface area (Å²) in [5.41, 5.74) is 4.68. The average Bonchev–Trinajstić information content (AvgIpc) is 3.69. The number of fused-ring (bicyclic) bond motifs is 1. The smallest absolute Gasteiger partial charge is 0.293 e. The monoisotopic (exact) mass is 855 g/mol. The Morgan fingerprint density at radius 3 is 2.52 bits per heavy atom. The lowest BCUT2D eigenvalue weighted by atomic mass is 9.72. The molecule has 16 heteroatoms. The van der Waals surface area contributed by atoms with Crippen LogP contribution in [0.2, 0.25) is 5.02 Å². The van der Waals surface area contributed by atoms with Crippen LogP contribution < -0.4 is 19.7 Å². The van der Waals surface area contributed by atoms with Crippen molar-refractivity contribution >= 4 is 61.2 Å². The minimum atomic E-state index is -4.59. The van der Waals surface area contributed by atoms with Gasteiger partial charge in [-0.05, 0) is 84.3 Å². The van der Waals surface area contributed by atoms with Crippen LogP contribution in [0.3, 0.4) is 0 Å². The van der Waals surface area contributed by atoms with Crippen molar-refractivity contribution in [2.75, 3.05) is 56.1 Å².